The van der Waals surface area contributed by atoms with E-state index >= 15 is 0 Å². The van der Waals surface area contributed by atoms with Crippen LogP contribution in [-0.2, 0) is 20.2 Å². The number of hydrogen-bond acceptors (Lipinski definition) is 6. The number of fused-ring (bicyclic) bond motifs is 3. The lowest BCUT2D eigenvalue weighted by molar-refractivity contribution is -0.160. The van der Waals surface area contributed by atoms with Crippen LogP contribution in [0, 0.1) is 5.41 Å². The van der Waals surface area contributed by atoms with Gasteiger partial charge >= 0.3 is 6.61 Å². The van der Waals surface area contributed by atoms with Gasteiger partial charge in [0.15, 0.2) is 0 Å². The molecule has 43 heavy (non-hydrogen) atoms. The molecule has 1 saturated heterocycles. The number of ether oxygens (including phenoxy) is 1. The van der Waals surface area contributed by atoms with Gasteiger partial charge in [-0.05, 0) is 36.2 Å². The Morgan fingerprint density at radius 1 is 1.12 bits per heavy atom. The van der Waals surface area contributed by atoms with Crippen LogP contribution in [0.15, 0.2) is 53.9 Å². The highest BCUT2D eigenvalue weighted by Crippen LogP contribution is 2.50. The van der Waals surface area contributed by atoms with E-state index in [2.05, 4.69) is 15.4 Å². The average Bonchev–Trinajstić information content (AvgIpc) is 3.68. The number of nitrogens with one attached hydrogen (secondary N) is 3. The number of rotatable bonds is 9. The van der Waals surface area contributed by atoms with Gasteiger partial charge in [-0.25, -0.2) is 0 Å². The monoisotopic (exact) mass is 617 g/mol. The fourth-order valence-electron chi connectivity index (χ4n) is 5.35. The summed E-state index contributed by atoms with van der Waals surface area (Å²) in [7, 11) is 0. The van der Waals surface area contributed by atoms with Crippen molar-refractivity contribution in [2.24, 2.45) is 5.73 Å². The van der Waals surface area contributed by atoms with Crippen molar-refractivity contribution < 1.29 is 36.7 Å². The van der Waals surface area contributed by atoms with Crippen molar-refractivity contribution >= 4 is 34.9 Å². The molecule has 0 saturated carbocycles. The molecular weight excluding hydrogens is 590 g/mol. The Balaban J connectivity index is 1.27. The molecule has 1 fully saturated rings. The topological polar surface area (TPSA) is 138 Å². The van der Waals surface area contributed by atoms with Crippen molar-refractivity contribution in [3.8, 4) is 11.1 Å². The summed E-state index contributed by atoms with van der Waals surface area (Å²) in [6.07, 6.45) is -1.31. The van der Waals surface area contributed by atoms with E-state index in [-0.39, 0.29) is 41.1 Å². The van der Waals surface area contributed by atoms with Crippen molar-refractivity contribution in [1.82, 2.24) is 15.5 Å². The van der Waals surface area contributed by atoms with Gasteiger partial charge in [-0.1, -0.05) is 30.3 Å². The quantitative estimate of drug-likeness (QED) is 0.164. The second-order valence-corrected chi connectivity index (χ2v) is 11.2. The fourth-order valence-corrected chi connectivity index (χ4v) is 6.26. The maximum absolute atomic E-state index is 14.9. The summed E-state index contributed by atoms with van der Waals surface area (Å²) < 4.78 is 60.2. The number of nitrogen functional groups attached to an aromatic ring is 1. The van der Waals surface area contributed by atoms with Crippen LogP contribution < -0.4 is 16.4 Å². The number of amidine groups is 1. The van der Waals surface area contributed by atoms with E-state index < -0.39 is 55.0 Å². The minimum Gasteiger partial charge on any atom is -0.384 e. The largest absolute Gasteiger partial charge is 0.384 e. The third-order valence-electron chi connectivity index (χ3n) is 7.47. The number of nitrogens with zero attached hydrogens (tertiary/aromatic N) is 1. The molecule has 3 amide bonds. The minimum absolute atomic E-state index is 0.0448. The third kappa shape index (κ3) is 5.97. The van der Waals surface area contributed by atoms with Gasteiger partial charge in [-0.3, -0.25) is 19.8 Å². The zero-order chi connectivity index (χ0) is 31.1. The Morgan fingerprint density at radius 2 is 1.84 bits per heavy atom. The van der Waals surface area contributed by atoms with Crippen LogP contribution in [-0.4, -0.2) is 60.3 Å². The van der Waals surface area contributed by atoms with E-state index in [4.69, 9.17) is 11.1 Å². The summed E-state index contributed by atoms with van der Waals surface area (Å²) in [6.45, 7) is -2.30. The molecular formula is C29H27F4N5O4S. The normalized spacial score (nSPS) is 19.1. The molecule has 226 valence electrons. The molecule has 14 heteroatoms. The summed E-state index contributed by atoms with van der Waals surface area (Å²) in [5.41, 5.74) is 6.15. The maximum Gasteiger partial charge on any atom is 0.345 e. The van der Waals surface area contributed by atoms with Gasteiger partial charge in [0.25, 0.3) is 11.8 Å². The zero-order valence-electron chi connectivity index (χ0n) is 22.7. The van der Waals surface area contributed by atoms with Crippen LogP contribution in [0.2, 0.25) is 0 Å². The number of carbonyl (C=O) groups excluding carboxylic acids is 3. The van der Waals surface area contributed by atoms with E-state index in [0.29, 0.717) is 16.0 Å². The van der Waals surface area contributed by atoms with Gasteiger partial charge in [0, 0.05) is 45.5 Å². The molecule has 2 aromatic carbocycles. The number of amides is 3. The predicted octanol–water partition coefficient (Wildman–Crippen LogP) is 3.97. The van der Waals surface area contributed by atoms with Crippen molar-refractivity contribution in [2.75, 3.05) is 13.1 Å². The van der Waals surface area contributed by atoms with Crippen molar-refractivity contribution in [1.29, 1.82) is 5.41 Å². The van der Waals surface area contributed by atoms with Crippen molar-refractivity contribution in [3.05, 3.63) is 81.0 Å². The summed E-state index contributed by atoms with van der Waals surface area (Å²) in [5, 5.41) is 14.4. The molecule has 0 radical (unpaired) electrons. The first-order valence-electron chi connectivity index (χ1n) is 13.2. The van der Waals surface area contributed by atoms with Crippen LogP contribution in [0.4, 0.5) is 17.6 Å². The number of alkyl halides is 4. The maximum atomic E-state index is 14.9. The first-order valence-corrected chi connectivity index (χ1v) is 14.1. The average molecular weight is 618 g/mol. The first-order chi connectivity index (χ1) is 20.4. The summed E-state index contributed by atoms with van der Waals surface area (Å²) >= 11 is 1.27. The van der Waals surface area contributed by atoms with E-state index in [1.165, 1.54) is 47.7 Å². The number of likely N-dealkylation sites (tertiary alicyclic amines) is 1. The van der Waals surface area contributed by atoms with Gasteiger partial charge in [0.05, 0.1) is 18.7 Å². The molecule has 5 rings (SSSR count). The van der Waals surface area contributed by atoms with Gasteiger partial charge in [-0.2, -0.15) is 17.6 Å². The molecule has 3 aromatic rings. The Bertz CT molecular complexity index is 1600. The summed E-state index contributed by atoms with van der Waals surface area (Å²) in [4.78, 5) is 41.0. The first kappa shape index (κ1) is 30.2. The molecule has 1 aliphatic heterocycles. The molecule has 0 spiro atoms. The smallest absolute Gasteiger partial charge is 0.345 e. The van der Waals surface area contributed by atoms with Gasteiger partial charge in [0.1, 0.15) is 11.9 Å². The highest BCUT2D eigenvalue weighted by atomic mass is 32.1. The lowest BCUT2D eigenvalue weighted by Gasteiger charge is -2.25. The number of benzene rings is 2. The molecule has 1 unspecified atom stereocenters. The summed E-state index contributed by atoms with van der Waals surface area (Å²) in [6, 6.07) is 9.69. The fraction of sp³-hybridized carbons (Fsp3) is 0.310. The van der Waals surface area contributed by atoms with Crippen LogP contribution in [0.5, 0.6) is 0 Å². The number of nitrogens with two attached hydrogens (primary N) is 1. The molecule has 5 N–H and O–H groups in total. The summed E-state index contributed by atoms with van der Waals surface area (Å²) in [5.74, 6) is -5.38. The third-order valence-corrected chi connectivity index (χ3v) is 8.59. The van der Waals surface area contributed by atoms with Crippen molar-refractivity contribution in [2.45, 2.75) is 44.1 Å². The molecule has 2 aliphatic rings. The second kappa shape index (κ2) is 11.8. The Hall–Kier alpha value is -4.30. The van der Waals surface area contributed by atoms with E-state index in [1.54, 1.807) is 24.4 Å². The zero-order valence-corrected chi connectivity index (χ0v) is 23.5. The van der Waals surface area contributed by atoms with Gasteiger partial charge < -0.3 is 26.0 Å². The Labute approximate surface area is 247 Å². The van der Waals surface area contributed by atoms with Crippen LogP contribution in [0.3, 0.4) is 0 Å². The van der Waals surface area contributed by atoms with Crippen LogP contribution in [0.1, 0.15) is 51.3 Å². The lowest BCUT2D eigenvalue weighted by Crippen LogP contribution is -2.49. The van der Waals surface area contributed by atoms with E-state index in [1.807, 2.05) is 0 Å². The second-order valence-electron chi connectivity index (χ2n) is 10.3. The SMILES string of the molecule is CC(NC(=O)[C@@H]1C[C@@H](OC(F)F)CN1C(=O)CNC(=O)c1ccc2c(c1)-c1ccccc1C2(F)F)c1cc(C(=N)N)cs1. The number of halogens is 4. The molecule has 1 aliphatic carbocycles. The van der Waals surface area contributed by atoms with E-state index in [9.17, 15) is 31.9 Å². The molecule has 3 atom stereocenters. The highest BCUT2D eigenvalue weighted by Gasteiger charge is 2.44. The van der Waals surface area contributed by atoms with Gasteiger partial charge in [-0.15, -0.1) is 11.3 Å². The van der Waals surface area contributed by atoms with Gasteiger partial charge in [0.2, 0.25) is 11.8 Å². The molecule has 0 bridgehead atoms. The number of thiophene rings is 1. The Kier molecular flexibility index (Phi) is 8.25. The van der Waals surface area contributed by atoms with Crippen molar-refractivity contribution in [3.63, 3.8) is 0 Å². The Morgan fingerprint density at radius 3 is 2.53 bits per heavy atom. The van der Waals surface area contributed by atoms with E-state index in [0.717, 1.165) is 4.90 Å². The molecule has 9 nitrogen and oxygen atoms in total. The standard InChI is InChI=1S/C29H27F4N5O4S/c1-14(23-9-16(13-43-23)25(34)35)37-27(41)22-10-17(42-28(30)31)12-38(22)24(39)11-36-26(40)15-6-7-21-19(8-15)18-4-2-3-5-20(18)29(21,32)33/h2-9,13-14,17,22,28H,10-12H2,1H3,(H3,34,35)(H,36,40)(H,37,41)/t14?,17-,22+/m1/s1. The van der Waals surface area contributed by atoms with Crippen LogP contribution in [0.25, 0.3) is 11.1 Å². The number of carbonyl (C=O) groups is 3. The highest BCUT2D eigenvalue weighted by molar-refractivity contribution is 7.10. The molecule has 1 aromatic heterocycles. The number of hydrogen-bond donors (Lipinski definition) is 4. The molecule has 2 heterocycles. The predicted molar refractivity (Wildman–Crippen MR) is 150 cm³/mol. The van der Waals surface area contributed by atoms with Crippen LogP contribution >= 0.6 is 11.3 Å². The lowest BCUT2D eigenvalue weighted by atomic mass is 10.0. The minimum atomic E-state index is -3.21.